The molecule has 2 aromatic rings. The monoisotopic (exact) mass is 333 g/mol. The van der Waals surface area contributed by atoms with Crippen LogP contribution >= 0.6 is 11.3 Å². The summed E-state index contributed by atoms with van der Waals surface area (Å²) in [5.41, 5.74) is 1.80. The molecule has 0 aliphatic carbocycles. The summed E-state index contributed by atoms with van der Waals surface area (Å²) < 4.78 is 6.52. The quantitative estimate of drug-likeness (QED) is 0.888. The van der Waals surface area contributed by atoms with Crippen molar-refractivity contribution in [1.82, 2.24) is 10.3 Å². The summed E-state index contributed by atoms with van der Waals surface area (Å²) in [6.07, 6.45) is 2.84. The molecule has 1 aliphatic rings. The molecule has 1 fully saturated rings. The Balaban J connectivity index is 1.64. The first-order valence-electron chi connectivity index (χ1n) is 8.17. The lowest BCUT2D eigenvalue weighted by molar-refractivity contribution is 0.143. The highest BCUT2D eigenvalue weighted by Crippen LogP contribution is 2.29. The molecule has 1 saturated heterocycles. The van der Waals surface area contributed by atoms with Gasteiger partial charge in [-0.25, -0.2) is 9.78 Å². The molecule has 2 heterocycles. The van der Waals surface area contributed by atoms with E-state index in [1.807, 2.05) is 18.2 Å². The molecule has 1 atom stereocenters. The highest BCUT2D eigenvalue weighted by atomic mass is 32.1. The van der Waals surface area contributed by atoms with E-state index >= 15 is 0 Å². The van der Waals surface area contributed by atoms with E-state index in [0.717, 1.165) is 53.4 Å². The van der Waals surface area contributed by atoms with Crippen LogP contribution in [0.5, 0.6) is 0 Å². The van der Waals surface area contributed by atoms with Crippen molar-refractivity contribution in [3.05, 3.63) is 23.2 Å². The summed E-state index contributed by atoms with van der Waals surface area (Å²) in [5.74, 6) is 0.421. The Labute approximate surface area is 140 Å². The molecule has 0 spiro atoms. The van der Waals surface area contributed by atoms with Crippen molar-refractivity contribution in [3.63, 3.8) is 0 Å². The van der Waals surface area contributed by atoms with Crippen LogP contribution in [0.2, 0.25) is 0 Å². The second kappa shape index (κ2) is 7.27. The molecule has 3 rings (SSSR count). The van der Waals surface area contributed by atoms with Crippen LogP contribution in [-0.2, 0) is 4.74 Å². The first kappa shape index (κ1) is 16.2. The molecule has 0 bridgehead atoms. The minimum atomic E-state index is -0.148. The van der Waals surface area contributed by atoms with Crippen LogP contribution in [0.4, 0.5) is 10.5 Å². The first-order chi connectivity index (χ1) is 11.1. The van der Waals surface area contributed by atoms with Gasteiger partial charge in [-0.2, -0.15) is 0 Å². The largest absolute Gasteiger partial charge is 0.381 e. The molecule has 5 nitrogen and oxygen atoms in total. The Morgan fingerprint density at radius 3 is 3.04 bits per heavy atom. The Bertz CT molecular complexity index is 676. The van der Waals surface area contributed by atoms with E-state index in [2.05, 4.69) is 29.5 Å². The summed E-state index contributed by atoms with van der Waals surface area (Å²) in [6, 6.07) is 5.91. The van der Waals surface area contributed by atoms with Gasteiger partial charge in [0.05, 0.1) is 15.2 Å². The number of benzene rings is 1. The van der Waals surface area contributed by atoms with Crippen molar-refractivity contribution >= 4 is 33.3 Å². The van der Waals surface area contributed by atoms with Crippen LogP contribution in [0.1, 0.15) is 44.0 Å². The zero-order valence-corrected chi connectivity index (χ0v) is 14.4. The molecule has 2 amide bonds. The molecule has 124 valence electrons. The molecule has 0 saturated carbocycles. The van der Waals surface area contributed by atoms with Crippen LogP contribution in [0.3, 0.4) is 0 Å². The van der Waals surface area contributed by atoms with E-state index < -0.39 is 0 Å². The predicted octanol–water partition coefficient (Wildman–Crippen LogP) is 4.11. The number of rotatable bonds is 3. The Morgan fingerprint density at radius 2 is 2.22 bits per heavy atom. The lowest BCUT2D eigenvalue weighted by atomic mass is 10.1. The number of fused-ring (bicyclic) bond motifs is 1. The molecule has 1 aromatic carbocycles. The molecular weight excluding hydrogens is 310 g/mol. The topological polar surface area (TPSA) is 63.2 Å². The zero-order chi connectivity index (χ0) is 16.2. The van der Waals surface area contributed by atoms with Gasteiger partial charge in [0.2, 0.25) is 0 Å². The smallest absolute Gasteiger partial charge is 0.319 e. The van der Waals surface area contributed by atoms with Crippen molar-refractivity contribution in [2.24, 2.45) is 0 Å². The van der Waals surface area contributed by atoms with Gasteiger partial charge in [0.25, 0.3) is 0 Å². The van der Waals surface area contributed by atoms with Gasteiger partial charge in [0.15, 0.2) is 0 Å². The Morgan fingerprint density at radius 1 is 1.35 bits per heavy atom. The van der Waals surface area contributed by atoms with E-state index in [-0.39, 0.29) is 12.1 Å². The molecular formula is C17H23N3O2S. The SMILES string of the molecule is CC(C)c1nc2ccc(NC(=O)N[C@H]3CCCOCC3)cc2s1. The van der Waals surface area contributed by atoms with Crippen LogP contribution in [0.15, 0.2) is 18.2 Å². The van der Waals surface area contributed by atoms with Gasteiger partial charge in [-0.3, -0.25) is 0 Å². The fourth-order valence-corrected chi connectivity index (χ4v) is 3.68. The van der Waals surface area contributed by atoms with Gasteiger partial charge in [0.1, 0.15) is 0 Å². The van der Waals surface area contributed by atoms with Gasteiger partial charge in [0, 0.05) is 30.9 Å². The fraction of sp³-hybridized carbons (Fsp3) is 0.529. The second-order valence-corrected chi connectivity index (χ2v) is 7.29. The number of nitrogens with one attached hydrogen (secondary N) is 2. The lowest BCUT2D eigenvalue weighted by Crippen LogP contribution is -2.38. The summed E-state index contributed by atoms with van der Waals surface area (Å²) >= 11 is 1.69. The van der Waals surface area contributed by atoms with Crippen molar-refractivity contribution in [2.75, 3.05) is 18.5 Å². The highest BCUT2D eigenvalue weighted by Gasteiger charge is 2.15. The molecule has 23 heavy (non-hydrogen) atoms. The number of thiazole rings is 1. The van der Waals surface area contributed by atoms with Gasteiger partial charge in [-0.15, -0.1) is 11.3 Å². The number of anilines is 1. The van der Waals surface area contributed by atoms with E-state index in [4.69, 9.17) is 4.74 Å². The number of carbonyl (C=O) groups is 1. The number of ether oxygens (including phenoxy) is 1. The maximum Gasteiger partial charge on any atom is 0.319 e. The predicted molar refractivity (Wildman–Crippen MR) is 94.3 cm³/mol. The summed E-state index contributed by atoms with van der Waals surface area (Å²) in [6.45, 7) is 5.79. The molecule has 0 radical (unpaired) electrons. The Hall–Kier alpha value is -1.66. The lowest BCUT2D eigenvalue weighted by Gasteiger charge is -2.16. The molecule has 1 aliphatic heterocycles. The summed E-state index contributed by atoms with van der Waals surface area (Å²) in [4.78, 5) is 16.8. The highest BCUT2D eigenvalue weighted by molar-refractivity contribution is 7.18. The first-order valence-corrected chi connectivity index (χ1v) is 8.99. The standard InChI is InChI=1S/C17H23N3O2S/c1-11(2)16-20-14-6-5-13(10-15(14)23-16)19-17(21)18-12-4-3-8-22-9-7-12/h5-6,10-12H,3-4,7-9H2,1-2H3,(H2,18,19,21)/t12-/m0/s1. The van der Waals surface area contributed by atoms with Gasteiger partial charge in [-0.1, -0.05) is 13.8 Å². The van der Waals surface area contributed by atoms with Crippen molar-refractivity contribution in [1.29, 1.82) is 0 Å². The molecule has 2 N–H and O–H groups in total. The van der Waals surface area contributed by atoms with E-state index in [0.29, 0.717) is 5.92 Å². The fourth-order valence-electron chi connectivity index (χ4n) is 2.67. The van der Waals surface area contributed by atoms with Crippen LogP contribution in [0.25, 0.3) is 10.2 Å². The Kier molecular flexibility index (Phi) is 5.13. The number of urea groups is 1. The summed E-state index contributed by atoms with van der Waals surface area (Å²) in [7, 11) is 0. The number of aromatic nitrogens is 1. The van der Waals surface area contributed by atoms with Crippen LogP contribution < -0.4 is 10.6 Å². The van der Waals surface area contributed by atoms with Crippen molar-refractivity contribution in [2.45, 2.75) is 45.1 Å². The maximum atomic E-state index is 12.2. The number of amides is 2. The maximum absolute atomic E-state index is 12.2. The molecule has 1 aromatic heterocycles. The second-order valence-electron chi connectivity index (χ2n) is 6.23. The van der Waals surface area contributed by atoms with Gasteiger partial charge >= 0.3 is 6.03 Å². The zero-order valence-electron chi connectivity index (χ0n) is 13.6. The number of hydrogen-bond donors (Lipinski definition) is 2. The van der Waals surface area contributed by atoms with Crippen molar-refractivity contribution in [3.8, 4) is 0 Å². The third-order valence-corrected chi connectivity index (χ3v) is 5.26. The minimum absolute atomic E-state index is 0.148. The molecule has 0 unspecified atom stereocenters. The normalized spacial score (nSPS) is 18.8. The van der Waals surface area contributed by atoms with Crippen LogP contribution in [-0.4, -0.2) is 30.3 Å². The van der Waals surface area contributed by atoms with E-state index in [1.54, 1.807) is 11.3 Å². The number of nitrogens with zero attached hydrogens (tertiary/aromatic N) is 1. The number of hydrogen-bond acceptors (Lipinski definition) is 4. The third-order valence-electron chi connectivity index (χ3n) is 3.94. The van der Waals surface area contributed by atoms with Gasteiger partial charge in [-0.05, 0) is 37.5 Å². The number of carbonyl (C=O) groups excluding carboxylic acids is 1. The minimum Gasteiger partial charge on any atom is -0.381 e. The van der Waals surface area contributed by atoms with Gasteiger partial charge < -0.3 is 15.4 Å². The van der Waals surface area contributed by atoms with Crippen LogP contribution in [0, 0.1) is 0 Å². The third kappa shape index (κ3) is 4.20. The van der Waals surface area contributed by atoms with Crippen molar-refractivity contribution < 1.29 is 9.53 Å². The van der Waals surface area contributed by atoms with E-state index in [1.165, 1.54) is 0 Å². The average Bonchev–Trinajstić information content (AvgIpc) is 2.77. The summed E-state index contributed by atoms with van der Waals surface area (Å²) in [5, 5.41) is 7.09. The average molecular weight is 333 g/mol. The molecule has 6 heteroatoms. The van der Waals surface area contributed by atoms with E-state index in [9.17, 15) is 4.79 Å².